The molecular formula is C18H22ClN7OS. The Kier molecular flexibility index (Phi) is 6.71. The zero-order valence-corrected chi connectivity index (χ0v) is 17.0. The van der Waals surface area contributed by atoms with E-state index in [-0.39, 0.29) is 18.3 Å². The summed E-state index contributed by atoms with van der Waals surface area (Å²) in [6.07, 6.45) is 7.37. The number of imidazole rings is 1. The van der Waals surface area contributed by atoms with Gasteiger partial charge in [-0.1, -0.05) is 17.3 Å². The van der Waals surface area contributed by atoms with Gasteiger partial charge in [0.2, 0.25) is 0 Å². The summed E-state index contributed by atoms with van der Waals surface area (Å²) in [5.74, 6) is -0.261. The molecule has 2 N–H and O–H groups in total. The van der Waals surface area contributed by atoms with Crippen molar-refractivity contribution in [1.82, 2.24) is 29.9 Å². The van der Waals surface area contributed by atoms with Crippen molar-refractivity contribution in [2.24, 2.45) is 7.05 Å². The SMILES string of the molecule is Cl.Cn1ccnc1Sc1ccccc1NC(=O)c1cn(C2CCNCC2)nn1. The Hall–Kier alpha value is -2.36. The third-order valence-corrected chi connectivity index (χ3v) is 5.69. The lowest BCUT2D eigenvalue weighted by Crippen LogP contribution is -2.29. The van der Waals surface area contributed by atoms with Crippen molar-refractivity contribution >= 4 is 35.8 Å². The Morgan fingerprint density at radius 3 is 2.82 bits per heavy atom. The molecule has 1 aromatic carbocycles. The normalized spacial score (nSPS) is 14.5. The van der Waals surface area contributed by atoms with Crippen LogP contribution in [0, 0.1) is 0 Å². The van der Waals surface area contributed by atoms with Gasteiger partial charge in [-0.05, 0) is 49.8 Å². The van der Waals surface area contributed by atoms with Gasteiger partial charge in [-0.15, -0.1) is 17.5 Å². The van der Waals surface area contributed by atoms with Gasteiger partial charge < -0.3 is 15.2 Å². The fraction of sp³-hybridized carbons (Fsp3) is 0.333. The number of aromatic nitrogens is 5. The number of aryl methyl sites for hydroxylation is 1. The number of amides is 1. The van der Waals surface area contributed by atoms with E-state index >= 15 is 0 Å². The van der Waals surface area contributed by atoms with Crippen LogP contribution in [0.4, 0.5) is 5.69 Å². The van der Waals surface area contributed by atoms with E-state index in [0.29, 0.717) is 11.7 Å². The van der Waals surface area contributed by atoms with Crippen LogP contribution in [0.1, 0.15) is 29.4 Å². The van der Waals surface area contributed by atoms with E-state index in [4.69, 9.17) is 0 Å². The molecule has 3 heterocycles. The minimum atomic E-state index is -0.261. The smallest absolute Gasteiger partial charge is 0.277 e. The molecule has 0 spiro atoms. The van der Waals surface area contributed by atoms with Gasteiger partial charge in [-0.3, -0.25) is 4.79 Å². The van der Waals surface area contributed by atoms with Gasteiger partial charge in [0.1, 0.15) is 0 Å². The number of halogens is 1. The third-order valence-electron chi connectivity index (χ3n) is 4.54. The zero-order chi connectivity index (χ0) is 18.6. The van der Waals surface area contributed by atoms with Gasteiger partial charge in [0, 0.05) is 24.3 Å². The summed E-state index contributed by atoms with van der Waals surface area (Å²) in [7, 11) is 1.94. The standard InChI is InChI=1S/C18H21N7OS.ClH/c1-24-11-10-20-18(24)27-16-5-3-2-4-14(16)21-17(26)15-12-25(23-22-15)13-6-8-19-9-7-13;/h2-5,10-13,19H,6-9H2,1H3,(H,21,26);1H. The van der Waals surface area contributed by atoms with Crippen molar-refractivity contribution in [2.45, 2.75) is 28.9 Å². The Labute approximate surface area is 173 Å². The number of carbonyl (C=O) groups excluding carboxylic acids is 1. The van der Waals surface area contributed by atoms with Crippen molar-refractivity contribution < 1.29 is 4.79 Å². The Morgan fingerprint density at radius 2 is 2.07 bits per heavy atom. The molecule has 0 unspecified atom stereocenters. The molecule has 3 aromatic rings. The Morgan fingerprint density at radius 1 is 1.29 bits per heavy atom. The zero-order valence-electron chi connectivity index (χ0n) is 15.4. The summed E-state index contributed by atoms with van der Waals surface area (Å²) >= 11 is 1.50. The first-order chi connectivity index (χ1) is 13.2. The Bertz CT molecular complexity index is 935. The summed E-state index contributed by atoms with van der Waals surface area (Å²) in [4.78, 5) is 17.9. The average Bonchev–Trinajstić information content (AvgIpc) is 3.34. The second kappa shape index (κ2) is 9.22. The van der Waals surface area contributed by atoms with Gasteiger partial charge in [0.25, 0.3) is 5.91 Å². The highest BCUT2D eigenvalue weighted by Crippen LogP contribution is 2.32. The van der Waals surface area contributed by atoms with Gasteiger partial charge >= 0.3 is 0 Å². The highest BCUT2D eigenvalue weighted by Gasteiger charge is 2.19. The number of nitrogens with one attached hydrogen (secondary N) is 2. The molecule has 1 aliphatic heterocycles. The second-order valence-electron chi connectivity index (χ2n) is 6.44. The van der Waals surface area contributed by atoms with E-state index in [1.165, 1.54) is 11.8 Å². The summed E-state index contributed by atoms with van der Waals surface area (Å²) in [6, 6.07) is 7.96. The summed E-state index contributed by atoms with van der Waals surface area (Å²) < 4.78 is 3.75. The lowest BCUT2D eigenvalue weighted by Gasteiger charge is -2.22. The van der Waals surface area contributed by atoms with Crippen LogP contribution in [-0.4, -0.2) is 43.5 Å². The van der Waals surface area contributed by atoms with E-state index in [0.717, 1.165) is 41.7 Å². The number of para-hydroxylation sites is 1. The number of anilines is 1. The van der Waals surface area contributed by atoms with Crippen molar-refractivity contribution in [3.8, 4) is 0 Å². The molecular weight excluding hydrogens is 398 g/mol. The third kappa shape index (κ3) is 4.54. The van der Waals surface area contributed by atoms with Crippen LogP contribution >= 0.6 is 24.2 Å². The molecule has 0 bridgehead atoms. The number of carbonyl (C=O) groups is 1. The van der Waals surface area contributed by atoms with E-state index in [2.05, 4.69) is 25.9 Å². The number of benzene rings is 1. The van der Waals surface area contributed by atoms with Crippen molar-refractivity contribution in [3.05, 3.63) is 48.5 Å². The van der Waals surface area contributed by atoms with Crippen LogP contribution < -0.4 is 10.6 Å². The molecule has 1 aliphatic rings. The first kappa shape index (κ1) is 20.4. The van der Waals surface area contributed by atoms with Crippen LogP contribution in [-0.2, 0) is 7.05 Å². The molecule has 148 valence electrons. The number of piperidine rings is 1. The molecule has 1 amide bonds. The highest BCUT2D eigenvalue weighted by molar-refractivity contribution is 7.99. The molecule has 1 saturated heterocycles. The summed E-state index contributed by atoms with van der Waals surface area (Å²) in [5.41, 5.74) is 1.05. The van der Waals surface area contributed by atoms with Crippen LogP contribution in [0.3, 0.4) is 0 Å². The predicted molar refractivity (Wildman–Crippen MR) is 110 cm³/mol. The summed E-state index contributed by atoms with van der Waals surface area (Å²) in [6.45, 7) is 1.92. The minimum Gasteiger partial charge on any atom is -0.329 e. The van der Waals surface area contributed by atoms with Crippen molar-refractivity contribution in [2.75, 3.05) is 18.4 Å². The number of hydrogen-bond acceptors (Lipinski definition) is 6. The maximum Gasteiger partial charge on any atom is 0.277 e. The molecule has 1 fully saturated rings. The fourth-order valence-corrected chi connectivity index (χ4v) is 3.92. The van der Waals surface area contributed by atoms with Gasteiger partial charge in [-0.2, -0.15) is 0 Å². The second-order valence-corrected chi connectivity index (χ2v) is 7.45. The fourth-order valence-electron chi connectivity index (χ4n) is 3.02. The van der Waals surface area contributed by atoms with Crippen LogP contribution in [0.15, 0.2) is 52.9 Å². The molecule has 0 radical (unpaired) electrons. The van der Waals surface area contributed by atoms with Gasteiger partial charge in [0.05, 0.1) is 17.9 Å². The topological polar surface area (TPSA) is 89.7 Å². The Balaban J connectivity index is 0.00000225. The van der Waals surface area contributed by atoms with E-state index in [1.54, 1.807) is 12.4 Å². The first-order valence-electron chi connectivity index (χ1n) is 8.89. The minimum absolute atomic E-state index is 0. The highest BCUT2D eigenvalue weighted by atomic mass is 35.5. The molecule has 2 aromatic heterocycles. The number of rotatable bonds is 5. The van der Waals surface area contributed by atoms with Crippen molar-refractivity contribution in [3.63, 3.8) is 0 Å². The predicted octanol–water partition coefficient (Wildman–Crippen LogP) is 2.76. The molecule has 10 heteroatoms. The number of hydrogen-bond donors (Lipinski definition) is 2. The molecule has 28 heavy (non-hydrogen) atoms. The van der Waals surface area contributed by atoms with Crippen LogP contribution in [0.25, 0.3) is 0 Å². The van der Waals surface area contributed by atoms with E-state index < -0.39 is 0 Å². The average molecular weight is 420 g/mol. The maximum atomic E-state index is 12.7. The maximum absolute atomic E-state index is 12.7. The number of nitrogens with zero attached hydrogens (tertiary/aromatic N) is 5. The monoisotopic (exact) mass is 419 g/mol. The van der Waals surface area contributed by atoms with Gasteiger partial charge in [0.15, 0.2) is 10.9 Å². The summed E-state index contributed by atoms with van der Waals surface area (Å²) in [5, 5.41) is 15.4. The van der Waals surface area contributed by atoms with E-state index in [9.17, 15) is 4.79 Å². The molecule has 0 atom stereocenters. The van der Waals surface area contributed by atoms with E-state index in [1.807, 2.05) is 46.8 Å². The van der Waals surface area contributed by atoms with Gasteiger partial charge in [-0.25, -0.2) is 9.67 Å². The largest absolute Gasteiger partial charge is 0.329 e. The van der Waals surface area contributed by atoms with Crippen LogP contribution in [0.2, 0.25) is 0 Å². The van der Waals surface area contributed by atoms with Crippen molar-refractivity contribution in [1.29, 1.82) is 0 Å². The quantitative estimate of drug-likeness (QED) is 0.661. The molecule has 4 rings (SSSR count). The lowest BCUT2D eigenvalue weighted by molar-refractivity contribution is 0.102. The molecule has 0 saturated carbocycles. The molecule has 8 nitrogen and oxygen atoms in total. The first-order valence-corrected chi connectivity index (χ1v) is 9.70. The molecule has 0 aliphatic carbocycles. The van der Waals surface area contributed by atoms with Crippen LogP contribution in [0.5, 0.6) is 0 Å². The lowest BCUT2D eigenvalue weighted by atomic mass is 10.1.